The second-order valence-corrected chi connectivity index (χ2v) is 9.68. The average Bonchev–Trinajstić information content (AvgIpc) is 2.93. The summed E-state index contributed by atoms with van der Waals surface area (Å²) >= 11 is 2.93. The van der Waals surface area contributed by atoms with Gasteiger partial charge in [0, 0.05) is 23.9 Å². The molecule has 0 aliphatic heterocycles. The van der Waals surface area contributed by atoms with Gasteiger partial charge in [0.25, 0.3) is 5.56 Å². The smallest absolute Gasteiger partial charge is 0.262 e. The Hall–Kier alpha value is -0.860. The summed E-state index contributed by atoms with van der Waals surface area (Å²) in [5, 5.41) is 1.36. The maximum Gasteiger partial charge on any atom is 0.262 e. The number of sulfone groups is 1. The Balaban J connectivity index is 1.98. The summed E-state index contributed by atoms with van der Waals surface area (Å²) in [5.41, 5.74) is 1.16. The third-order valence-corrected chi connectivity index (χ3v) is 7.01. The maximum atomic E-state index is 12.5. The first-order chi connectivity index (χ1) is 9.87. The quantitative estimate of drug-likeness (QED) is 0.623. The van der Waals surface area contributed by atoms with Gasteiger partial charge in [-0.25, -0.2) is 13.4 Å². The van der Waals surface area contributed by atoms with Crippen molar-refractivity contribution in [2.24, 2.45) is 7.05 Å². The Bertz CT molecular complexity index is 865. The van der Waals surface area contributed by atoms with Crippen LogP contribution in [0.4, 0.5) is 0 Å². The van der Waals surface area contributed by atoms with Gasteiger partial charge in [-0.1, -0.05) is 11.8 Å². The van der Waals surface area contributed by atoms with Crippen molar-refractivity contribution in [3.05, 3.63) is 20.8 Å². The van der Waals surface area contributed by atoms with Crippen LogP contribution in [0.2, 0.25) is 0 Å². The van der Waals surface area contributed by atoms with Crippen LogP contribution in [0.15, 0.2) is 9.95 Å². The molecule has 0 N–H and O–H groups in total. The Morgan fingerprint density at radius 1 is 1.38 bits per heavy atom. The fourth-order valence-electron chi connectivity index (χ4n) is 2.52. The van der Waals surface area contributed by atoms with E-state index in [0.29, 0.717) is 10.9 Å². The fraction of sp³-hybridized carbons (Fsp3) is 0.538. The maximum absolute atomic E-state index is 12.5. The molecular weight excluding hydrogens is 328 g/mol. The molecule has 2 aromatic heterocycles. The first-order valence-electron chi connectivity index (χ1n) is 6.68. The number of aryl methyl sites for hydroxylation is 2. The monoisotopic (exact) mass is 344 g/mol. The molecule has 0 saturated carbocycles. The van der Waals surface area contributed by atoms with Crippen LogP contribution in [0.5, 0.6) is 0 Å². The number of hydrogen-bond donors (Lipinski definition) is 0. The number of fused-ring (bicyclic) bond motifs is 3. The van der Waals surface area contributed by atoms with Crippen molar-refractivity contribution in [3.63, 3.8) is 0 Å². The minimum atomic E-state index is -2.99. The number of aromatic nitrogens is 2. The summed E-state index contributed by atoms with van der Waals surface area (Å²) in [6.45, 7) is 0. The Kier molecular flexibility index (Phi) is 3.87. The lowest BCUT2D eigenvalue weighted by molar-refractivity contribution is 0.603. The van der Waals surface area contributed by atoms with Crippen molar-refractivity contribution >= 4 is 43.2 Å². The molecule has 1 aliphatic rings. The lowest BCUT2D eigenvalue weighted by atomic mass is 10.2. The molecule has 0 bridgehead atoms. The van der Waals surface area contributed by atoms with Gasteiger partial charge in [0.15, 0.2) is 5.16 Å². The zero-order valence-corrected chi connectivity index (χ0v) is 14.3. The summed E-state index contributed by atoms with van der Waals surface area (Å²) in [6, 6.07) is 0. The zero-order chi connectivity index (χ0) is 15.2. The third kappa shape index (κ3) is 2.89. The standard InChI is InChI=1S/C13H16N2O3S3/c1-15-12(16)10-8-4-3-5-9(8)20-11(10)14-13(15)19-6-7-21(2,17)18/h3-7H2,1-2H3. The highest BCUT2D eigenvalue weighted by Crippen LogP contribution is 2.35. The van der Waals surface area contributed by atoms with Crippen molar-refractivity contribution < 1.29 is 8.42 Å². The predicted octanol–water partition coefficient (Wildman–Crippen LogP) is 1.62. The first kappa shape index (κ1) is 15.1. The molecule has 0 atom stereocenters. The Morgan fingerprint density at radius 2 is 2.14 bits per heavy atom. The number of rotatable bonds is 4. The fourth-order valence-corrected chi connectivity index (χ4v) is 5.99. The van der Waals surface area contributed by atoms with Crippen LogP contribution in [0.25, 0.3) is 10.2 Å². The van der Waals surface area contributed by atoms with Crippen molar-refractivity contribution in [3.8, 4) is 0 Å². The van der Waals surface area contributed by atoms with Crippen LogP contribution in [-0.2, 0) is 29.7 Å². The van der Waals surface area contributed by atoms with Crippen LogP contribution in [-0.4, -0.2) is 35.7 Å². The van der Waals surface area contributed by atoms with Crippen LogP contribution < -0.4 is 5.56 Å². The molecule has 0 saturated heterocycles. The van der Waals surface area contributed by atoms with Gasteiger partial charge in [-0.05, 0) is 24.8 Å². The summed E-state index contributed by atoms with van der Waals surface area (Å²) in [5.74, 6) is 0.502. The minimum absolute atomic E-state index is 0.0127. The van der Waals surface area contributed by atoms with Crippen molar-refractivity contribution in [1.29, 1.82) is 0 Å². The largest absolute Gasteiger partial charge is 0.290 e. The average molecular weight is 344 g/mol. The van der Waals surface area contributed by atoms with Gasteiger partial charge < -0.3 is 0 Å². The van der Waals surface area contributed by atoms with Crippen LogP contribution in [0.1, 0.15) is 16.9 Å². The van der Waals surface area contributed by atoms with E-state index in [4.69, 9.17) is 0 Å². The van der Waals surface area contributed by atoms with Gasteiger partial charge in [0.05, 0.1) is 11.1 Å². The van der Waals surface area contributed by atoms with E-state index in [1.165, 1.54) is 28.5 Å². The van der Waals surface area contributed by atoms with E-state index in [2.05, 4.69) is 4.98 Å². The van der Waals surface area contributed by atoms with E-state index in [1.807, 2.05) is 0 Å². The van der Waals surface area contributed by atoms with E-state index in [9.17, 15) is 13.2 Å². The molecule has 0 spiro atoms. The second kappa shape index (κ2) is 5.40. The summed E-state index contributed by atoms with van der Waals surface area (Å²) in [7, 11) is -1.29. The van der Waals surface area contributed by atoms with Crippen molar-refractivity contribution in [1.82, 2.24) is 9.55 Å². The number of thioether (sulfide) groups is 1. The lowest BCUT2D eigenvalue weighted by Gasteiger charge is -2.07. The molecule has 8 heteroatoms. The van der Waals surface area contributed by atoms with E-state index in [1.54, 1.807) is 23.0 Å². The topological polar surface area (TPSA) is 69.0 Å². The van der Waals surface area contributed by atoms with Crippen LogP contribution in [0.3, 0.4) is 0 Å². The van der Waals surface area contributed by atoms with E-state index >= 15 is 0 Å². The van der Waals surface area contributed by atoms with Gasteiger partial charge >= 0.3 is 0 Å². The predicted molar refractivity (Wildman–Crippen MR) is 87.3 cm³/mol. The van der Waals surface area contributed by atoms with E-state index in [-0.39, 0.29) is 11.3 Å². The summed E-state index contributed by atoms with van der Waals surface area (Å²) in [6.07, 6.45) is 4.33. The molecule has 0 aromatic carbocycles. The highest BCUT2D eigenvalue weighted by molar-refractivity contribution is 8.00. The van der Waals surface area contributed by atoms with Crippen molar-refractivity contribution in [2.75, 3.05) is 17.8 Å². The molecule has 0 amide bonds. The normalized spacial score (nSPS) is 14.8. The summed E-state index contributed by atoms with van der Waals surface area (Å²) < 4.78 is 23.9. The molecule has 114 valence electrons. The van der Waals surface area contributed by atoms with Crippen LogP contribution >= 0.6 is 23.1 Å². The zero-order valence-electron chi connectivity index (χ0n) is 11.9. The van der Waals surface area contributed by atoms with Gasteiger partial charge in [-0.15, -0.1) is 11.3 Å². The molecule has 2 heterocycles. The molecule has 0 radical (unpaired) electrons. The highest BCUT2D eigenvalue weighted by atomic mass is 32.2. The second-order valence-electron chi connectivity index (χ2n) is 5.27. The lowest BCUT2D eigenvalue weighted by Crippen LogP contribution is -2.20. The van der Waals surface area contributed by atoms with Gasteiger partial charge in [0.1, 0.15) is 14.7 Å². The number of thiophene rings is 1. The molecule has 5 nitrogen and oxygen atoms in total. The molecule has 3 rings (SSSR count). The molecule has 0 unspecified atom stereocenters. The summed E-state index contributed by atoms with van der Waals surface area (Å²) in [4.78, 5) is 19.2. The van der Waals surface area contributed by atoms with Crippen molar-refractivity contribution in [2.45, 2.75) is 24.4 Å². The van der Waals surface area contributed by atoms with Crippen LogP contribution in [0, 0.1) is 0 Å². The highest BCUT2D eigenvalue weighted by Gasteiger charge is 2.22. The van der Waals surface area contributed by atoms with Gasteiger partial charge in [-0.2, -0.15) is 0 Å². The Morgan fingerprint density at radius 3 is 2.86 bits per heavy atom. The molecule has 2 aromatic rings. The molecule has 1 aliphatic carbocycles. The van der Waals surface area contributed by atoms with E-state index < -0.39 is 9.84 Å². The first-order valence-corrected chi connectivity index (χ1v) is 10.5. The van der Waals surface area contributed by atoms with Gasteiger partial charge in [0.2, 0.25) is 0 Å². The molecule has 0 fully saturated rings. The van der Waals surface area contributed by atoms with E-state index in [0.717, 1.165) is 29.5 Å². The molecule has 21 heavy (non-hydrogen) atoms. The SMILES string of the molecule is Cn1c(SCCS(C)(=O)=O)nc2sc3c(c2c1=O)CCC3. The number of hydrogen-bond acceptors (Lipinski definition) is 6. The number of nitrogens with zero attached hydrogens (tertiary/aromatic N) is 2. The third-order valence-electron chi connectivity index (χ3n) is 3.59. The van der Waals surface area contributed by atoms with Gasteiger partial charge in [-0.3, -0.25) is 9.36 Å². The molecular formula is C13H16N2O3S3. The minimum Gasteiger partial charge on any atom is -0.290 e. The Labute approximate surface area is 131 Å².